The Morgan fingerprint density at radius 1 is 1.07 bits per heavy atom. The number of carbonyl (C=O) groups is 1. The first-order valence-corrected chi connectivity index (χ1v) is 10.8. The molecule has 0 radical (unpaired) electrons. The van der Waals surface area contributed by atoms with E-state index in [9.17, 15) is 19.5 Å². The maximum absolute atomic E-state index is 13.0. The zero-order valence-electron chi connectivity index (χ0n) is 17.3. The minimum Gasteiger partial charge on any atom is -0.481 e. The van der Waals surface area contributed by atoms with Gasteiger partial charge < -0.3 is 10.1 Å². The van der Waals surface area contributed by atoms with Gasteiger partial charge in [-0.15, -0.1) is 0 Å². The minimum absolute atomic E-state index is 0.311. The Morgan fingerprint density at radius 2 is 1.69 bits per heavy atom. The number of hydrogen-bond donors (Lipinski definition) is 2. The number of nitrogens with one attached hydrogen (secondary N) is 1. The van der Waals surface area contributed by atoms with Crippen molar-refractivity contribution >= 4 is 17.1 Å². The summed E-state index contributed by atoms with van der Waals surface area (Å²) in [6.45, 7) is 4.80. The van der Waals surface area contributed by atoms with Crippen molar-refractivity contribution in [2.75, 3.05) is 0 Å². The first-order chi connectivity index (χ1) is 13.9. The topological polar surface area (TPSA) is 110 Å². The van der Waals surface area contributed by atoms with Crippen molar-refractivity contribution in [3.63, 3.8) is 0 Å². The molecule has 0 unspecified atom stereocenters. The highest BCUT2D eigenvalue weighted by atomic mass is 16.4. The molecule has 8 nitrogen and oxygen atoms in total. The summed E-state index contributed by atoms with van der Waals surface area (Å²) < 4.78 is 2.89. The van der Waals surface area contributed by atoms with Crippen LogP contribution < -0.4 is 11.2 Å². The van der Waals surface area contributed by atoms with Gasteiger partial charge in [0, 0.05) is 18.5 Å². The number of aliphatic carboxylic acids is 1. The maximum Gasteiger partial charge on any atom is 0.332 e. The highest BCUT2D eigenvalue weighted by Gasteiger charge is 2.54. The van der Waals surface area contributed by atoms with Gasteiger partial charge in [0.15, 0.2) is 5.65 Å². The second-order valence-electron chi connectivity index (χ2n) is 8.92. The van der Waals surface area contributed by atoms with E-state index < -0.39 is 11.4 Å². The van der Waals surface area contributed by atoms with Crippen molar-refractivity contribution in [3.8, 4) is 0 Å². The number of aryl methyl sites for hydroxylation is 1. The van der Waals surface area contributed by atoms with Gasteiger partial charge >= 0.3 is 11.7 Å². The van der Waals surface area contributed by atoms with E-state index in [1.165, 1.54) is 4.57 Å². The zero-order chi connectivity index (χ0) is 20.8. The number of aromatic amines is 1. The van der Waals surface area contributed by atoms with E-state index in [4.69, 9.17) is 4.98 Å². The number of H-pyrrole nitrogens is 1. The summed E-state index contributed by atoms with van der Waals surface area (Å²) in [5, 5.41) is 9.90. The molecule has 2 aliphatic carbocycles. The lowest BCUT2D eigenvalue weighted by Crippen LogP contribution is -2.47. The molecule has 4 rings (SSSR count). The molecular weight excluding hydrogens is 372 g/mol. The smallest absolute Gasteiger partial charge is 0.332 e. The van der Waals surface area contributed by atoms with Crippen LogP contribution in [-0.4, -0.2) is 30.2 Å². The number of fused-ring (bicyclic) bond motifs is 3. The summed E-state index contributed by atoms with van der Waals surface area (Å²) in [4.78, 5) is 46.0. The van der Waals surface area contributed by atoms with Gasteiger partial charge in [-0.05, 0) is 44.9 Å². The molecule has 8 heteroatoms. The van der Waals surface area contributed by atoms with Crippen molar-refractivity contribution in [1.29, 1.82) is 0 Å². The van der Waals surface area contributed by atoms with E-state index >= 15 is 0 Å². The van der Waals surface area contributed by atoms with Crippen molar-refractivity contribution < 1.29 is 9.90 Å². The van der Waals surface area contributed by atoms with E-state index in [1.807, 2.05) is 13.8 Å². The molecule has 2 heterocycles. The lowest BCUT2D eigenvalue weighted by Gasteiger charge is -2.49. The Bertz CT molecular complexity index is 1050. The maximum atomic E-state index is 13.0. The molecule has 0 aromatic carbocycles. The van der Waals surface area contributed by atoms with Crippen molar-refractivity contribution in [2.24, 2.45) is 5.41 Å². The summed E-state index contributed by atoms with van der Waals surface area (Å²) >= 11 is 0. The normalized spacial score (nSPS) is 26.7. The lowest BCUT2D eigenvalue weighted by molar-refractivity contribution is -0.155. The fraction of sp³-hybridized carbons (Fsp3) is 0.714. The Morgan fingerprint density at radius 3 is 2.28 bits per heavy atom. The Labute approximate surface area is 169 Å². The summed E-state index contributed by atoms with van der Waals surface area (Å²) in [5.41, 5.74) is -0.910. The van der Waals surface area contributed by atoms with E-state index in [-0.39, 0.29) is 16.7 Å². The molecule has 2 aliphatic rings. The molecule has 0 aliphatic heterocycles. The molecule has 29 heavy (non-hydrogen) atoms. The number of rotatable bonds is 6. The molecule has 2 fully saturated rings. The molecule has 2 saturated carbocycles. The third kappa shape index (κ3) is 2.95. The number of imidazole rings is 1. The van der Waals surface area contributed by atoms with Crippen LogP contribution in [0.5, 0.6) is 0 Å². The summed E-state index contributed by atoms with van der Waals surface area (Å²) in [6.07, 6.45) is 6.81. The van der Waals surface area contributed by atoms with Crippen LogP contribution in [0.4, 0.5) is 0 Å². The standard InChI is InChI=1S/C21H30N4O4/c1-3-11-24-15-14(16(26)25(12-4-2)19(24)29)22-17(23-15)20-7-5-9-21(13-20,18(27)28)10-6-8-20/h3-13H2,1-2H3,(H,22,23)(H,27,28). The molecular formula is C21H30N4O4. The van der Waals surface area contributed by atoms with Crippen molar-refractivity contribution in [2.45, 2.75) is 90.1 Å². The second-order valence-corrected chi connectivity index (χ2v) is 8.92. The average molecular weight is 402 g/mol. The van der Waals surface area contributed by atoms with Gasteiger partial charge in [0.1, 0.15) is 11.3 Å². The van der Waals surface area contributed by atoms with Crippen LogP contribution in [-0.2, 0) is 23.3 Å². The Balaban J connectivity index is 1.91. The van der Waals surface area contributed by atoms with Crippen LogP contribution in [0.2, 0.25) is 0 Å². The summed E-state index contributed by atoms with van der Waals surface area (Å²) in [7, 11) is 0. The van der Waals surface area contributed by atoms with Gasteiger partial charge in [-0.3, -0.25) is 18.7 Å². The predicted molar refractivity (Wildman–Crippen MR) is 109 cm³/mol. The SMILES string of the molecule is CCCn1c(=O)c2[nH]c(C34CCCC(C(=O)O)(CCC3)C4)nc2n(CCC)c1=O. The molecule has 0 amide bonds. The minimum atomic E-state index is -0.717. The second kappa shape index (κ2) is 7.15. The van der Waals surface area contributed by atoms with Crippen LogP contribution in [0, 0.1) is 5.41 Å². The van der Waals surface area contributed by atoms with E-state index in [2.05, 4.69) is 4.98 Å². The van der Waals surface area contributed by atoms with E-state index in [1.54, 1.807) is 4.57 Å². The molecule has 2 N–H and O–H groups in total. The monoisotopic (exact) mass is 402 g/mol. The van der Waals surface area contributed by atoms with Crippen LogP contribution in [0.25, 0.3) is 11.2 Å². The van der Waals surface area contributed by atoms with E-state index in [0.29, 0.717) is 55.8 Å². The van der Waals surface area contributed by atoms with Gasteiger partial charge in [-0.2, -0.15) is 0 Å². The Hall–Kier alpha value is -2.38. The number of carboxylic acid groups (broad SMARTS) is 1. The van der Waals surface area contributed by atoms with E-state index in [0.717, 1.165) is 32.1 Å². The lowest BCUT2D eigenvalue weighted by atomic mass is 9.54. The third-order valence-electron chi connectivity index (χ3n) is 7.01. The number of carboxylic acids is 1. The molecule has 0 spiro atoms. The van der Waals surface area contributed by atoms with Crippen molar-refractivity contribution in [3.05, 3.63) is 26.7 Å². The van der Waals surface area contributed by atoms with Gasteiger partial charge in [0.05, 0.1) is 5.41 Å². The predicted octanol–water partition coefficient (Wildman–Crippen LogP) is 2.77. The van der Waals surface area contributed by atoms with Crippen LogP contribution >= 0.6 is 0 Å². The van der Waals surface area contributed by atoms with Gasteiger partial charge in [0.2, 0.25) is 0 Å². The van der Waals surface area contributed by atoms with Crippen LogP contribution in [0.3, 0.4) is 0 Å². The number of aromatic nitrogens is 4. The van der Waals surface area contributed by atoms with Gasteiger partial charge in [-0.1, -0.05) is 26.7 Å². The molecule has 0 atom stereocenters. The summed E-state index contributed by atoms with van der Waals surface area (Å²) in [6, 6.07) is 0. The van der Waals surface area contributed by atoms with Gasteiger partial charge in [-0.25, -0.2) is 9.78 Å². The quantitative estimate of drug-likeness (QED) is 0.772. The van der Waals surface area contributed by atoms with Crippen molar-refractivity contribution in [1.82, 2.24) is 19.1 Å². The molecule has 2 bridgehead atoms. The molecule has 0 saturated heterocycles. The summed E-state index contributed by atoms with van der Waals surface area (Å²) in [5.74, 6) is -0.0290. The number of hydrogen-bond acceptors (Lipinski definition) is 4. The molecule has 2 aromatic heterocycles. The molecule has 158 valence electrons. The average Bonchev–Trinajstić information content (AvgIpc) is 3.15. The fourth-order valence-electron chi connectivity index (χ4n) is 5.66. The Kier molecular flexibility index (Phi) is 4.91. The van der Waals surface area contributed by atoms with Crippen LogP contribution in [0.15, 0.2) is 9.59 Å². The molecule has 2 aromatic rings. The largest absolute Gasteiger partial charge is 0.481 e. The number of nitrogens with zero attached hydrogens (tertiary/aromatic N) is 3. The highest BCUT2D eigenvalue weighted by molar-refractivity contribution is 5.75. The van der Waals surface area contributed by atoms with Gasteiger partial charge in [0.25, 0.3) is 5.56 Å². The zero-order valence-corrected chi connectivity index (χ0v) is 17.3. The first-order valence-electron chi connectivity index (χ1n) is 10.8. The highest BCUT2D eigenvalue weighted by Crippen LogP contribution is 2.56. The first kappa shape index (κ1) is 19.9. The van der Waals surface area contributed by atoms with Crippen LogP contribution in [0.1, 0.15) is 77.5 Å². The third-order valence-corrected chi connectivity index (χ3v) is 7.01. The fourth-order valence-corrected chi connectivity index (χ4v) is 5.66.